The van der Waals surface area contributed by atoms with Crippen LogP contribution >= 0.6 is 0 Å². The molecule has 0 radical (unpaired) electrons. The molecule has 1 aromatic carbocycles. The van der Waals surface area contributed by atoms with Crippen LogP contribution in [-0.4, -0.2) is 53.6 Å². The van der Waals surface area contributed by atoms with Crippen molar-refractivity contribution in [1.82, 2.24) is 0 Å². The minimum atomic E-state index is -2.15. The second kappa shape index (κ2) is 11.2. The molecule has 1 aliphatic heterocycles. The Labute approximate surface area is 181 Å². The highest BCUT2D eigenvalue weighted by atomic mass is 28.4. The molecule has 2 rings (SSSR count). The summed E-state index contributed by atoms with van der Waals surface area (Å²) in [7, 11) is -0.529. The van der Waals surface area contributed by atoms with Crippen molar-refractivity contribution in [2.24, 2.45) is 0 Å². The van der Waals surface area contributed by atoms with Crippen LogP contribution in [-0.2, 0) is 28.2 Å². The van der Waals surface area contributed by atoms with Crippen LogP contribution in [0.1, 0.15) is 38.9 Å². The monoisotopic (exact) mass is 436 g/mol. The van der Waals surface area contributed by atoms with Crippen molar-refractivity contribution in [1.29, 1.82) is 0 Å². The molecule has 0 amide bonds. The zero-order valence-corrected chi connectivity index (χ0v) is 20.1. The van der Waals surface area contributed by atoms with E-state index in [0.717, 1.165) is 5.56 Å². The van der Waals surface area contributed by atoms with E-state index in [1.807, 2.05) is 36.4 Å². The summed E-state index contributed by atoms with van der Waals surface area (Å²) in [5.74, 6) is -0.362. The molecule has 7 heteroatoms. The third-order valence-corrected chi connectivity index (χ3v) is 10.1. The summed E-state index contributed by atoms with van der Waals surface area (Å²) in [6.45, 7) is 12.0. The molecular formula is C23H36O6Si. The van der Waals surface area contributed by atoms with Crippen LogP contribution in [0.25, 0.3) is 0 Å². The highest BCUT2D eigenvalue weighted by Gasteiger charge is 2.44. The maximum absolute atomic E-state index is 12.0. The summed E-state index contributed by atoms with van der Waals surface area (Å²) < 4.78 is 29.2. The molecule has 30 heavy (non-hydrogen) atoms. The molecule has 0 spiro atoms. The molecule has 0 aliphatic carbocycles. The highest BCUT2D eigenvalue weighted by molar-refractivity contribution is 6.74. The standard InChI is InChI=1S/C23H36O6Si/c1-23(2,3)30(5,6)29-21(18-11-8-7-9-12-18)22(27-17-26-16-15-25-4)19-13-10-14-20(24)28-19/h7-12,14,19,21-22H,13,15-17H2,1-6H3/t19-,21+,22+/m1/s1. The third kappa shape index (κ3) is 7.03. The second-order valence-corrected chi connectivity index (χ2v) is 13.7. The topological polar surface area (TPSA) is 63.2 Å². The first kappa shape index (κ1) is 24.8. The van der Waals surface area contributed by atoms with Crippen LogP contribution in [0.4, 0.5) is 0 Å². The van der Waals surface area contributed by atoms with E-state index in [1.165, 1.54) is 6.08 Å². The SMILES string of the molecule is COCCOCO[C@@H]([C@H]1CC=CC(=O)O1)[C@@H](O[Si](C)(C)C(C)(C)C)c1ccccc1. The smallest absolute Gasteiger partial charge is 0.330 e. The van der Waals surface area contributed by atoms with Crippen molar-refractivity contribution in [2.45, 2.75) is 63.6 Å². The molecule has 0 bridgehead atoms. The molecule has 0 saturated heterocycles. The first-order valence-electron chi connectivity index (χ1n) is 10.4. The predicted octanol–water partition coefficient (Wildman–Crippen LogP) is 4.63. The average Bonchev–Trinajstić information content (AvgIpc) is 2.69. The molecule has 6 nitrogen and oxygen atoms in total. The van der Waals surface area contributed by atoms with Crippen LogP contribution in [0, 0.1) is 0 Å². The van der Waals surface area contributed by atoms with Crippen LogP contribution in [0.15, 0.2) is 42.5 Å². The number of methoxy groups -OCH3 is 1. The molecule has 0 saturated carbocycles. The van der Waals surface area contributed by atoms with Gasteiger partial charge in [-0.3, -0.25) is 0 Å². The number of benzene rings is 1. The number of carbonyl (C=O) groups is 1. The fourth-order valence-corrected chi connectivity index (χ4v) is 4.17. The molecule has 168 valence electrons. The Bertz CT molecular complexity index is 683. The minimum absolute atomic E-state index is 0.0166. The van der Waals surface area contributed by atoms with Crippen molar-refractivity contribution in [3.63, 3.8) is 0 Å². The largest absolute Gasteiger partial charge is 0.456 e. The van der Waals surface area contributed by atoms with Gasteiger partial charge in [0.05, 0.1) is 13.2 Å². The van der Waals surface area contributed by atoms with Crippen LogP contribution in [0.5, 0.6) is 0 Å². The van der Waals surface area contributed by atoms with Gasteiger partial charge >= 0.3 is 5.97 Å². The Morgan fingerprint density at radius 1 is 1.17 bits per heavy atom. The molecule has 1 aromatic rings. The summed E-state index contributed by atoms with van der Waals surface area (Å²) in [6.07, 6.45) is 2.50. The lowest BCUT2D eigenvalue weighted by atomic mass is 9.97. The Balaban J connectivity index is 2.32. The van der Waals surface area contributed by atoms with Gasteiger partial charge in [0.2, 0.25) is 0 Å². The van der Waals surface area contributed by atoms with Gasteiger partial charge in [-0.05, 0) is 23.7 Å². The molecule has 0 aromatic heterocycles. The number of carbonyl (C=O) groups excluding carboxylic acids is 1. The van der Waals surface area contributed by atoms with Crippen LogP contribution < -0.4 is 0 Å². The number of hydrogen-bond donors (Lipinski definition) is 0. The zero-order chi connectivity index (χ0) is 22.2. The predicted molar refractivity (Wildman–Crippen MR) is 119 cm³/mol. The van der Waals surface area contributed by atoms with Crippen molar-refractivity contribution < 1.29 is 28.2 Å². The average molecular weight is 437 g/mol. The summed E-state index contributed by atoms with van der Waals surface area (Å²) in [6, 6.07) is 9.99. The molecule has 3 atom stereocenters. The Hall–Kier alpha value is -1.51. The quantitative estimate of drug-likeness (QED) is 0.218. The van der Waals surface area contributed by atoms with Crippen molar-refractivity contribution >= 4 is 14.3 Å². The van der Waals surface area contributed by atoms with E-state index in [9.17, 15) is 4.79 Å². The first-order chi connectivity index (χ1) is 14.2. The van der Waals surface area contributed by atoms with Gasteiger partial charge in [0, 0.05) is 19.6 Å². The first-order valence-corrected chi connectivity index (χ1v) is 13.3. The van der Waals surface area contributed by atoms with Gasteiger partial charge in [0.1, 0.15) is 25.1 Å². The Morgan fingerprint density at radius 2 is 1.87 bits per heavy atom. The third-order valence-electron chi connectivity index (χ3n) is 5.69. The number of ether oxygens (including phenoxy) is 4. The fraction of sp³-hybridized carbons (Fsp3) is 0.609. The zero-order valence-electron chi connectivity index (χ0n) is 19.1. The normalized spacial score (nSPS) is 19.4. The Morgan fingerprint density at radius 3 is 2.47 bits per heavy atom. The summed E-state index contributed by atoms with van der Waals surface area (Å²) in [5.41, 5.74) is 0.995. The molecule has 0 fully saturated rings. The summed E-state index contributed by atoms with van der Waals surface area (Å²) in [5, 5.41) is 0.0166. The lowest BCUT2D eigenvalue weighted by Gasteiger charge is -2.43. The second-order valence-electron chi connectivity index (χ2n) is 8.97. The van der Waals surface area contributed by atoms with Crippen LogP contribution in [0.2, 0.25) is 18.1 Å². The van der Waals surface area contributed by atoms with E-state index in [0.29, 0.717) is 19.6 Å². The lowest BCUT2D eigenvalue weighted by Crippen LogP contribution is -2.48. The molecule has 0 N–H and O–H groups in total. The van der Waals surface area contributed by atoms with Crippen molar-refractivity contribution in [2.75, 3.05) is 27.1 Å². The summed E-state index contributed by atoms with van der Waals surface area (Å²) in [4.78, 5) is 12.0. The van der Waals surface area contributed by atoms with Crippen molar-refractivity contribution in [3.8, 4) is 0 Å². The maximum Gasteiger partial charge on any atom is 0.330 e. The van der Waals surface area contributed by atoms with Gasteiger partial charge in [-0.1, -0.05) is 57.2 Å². The van der Waals surface area contributed by atoms with Crippen molar-refractivity contribution in [3.05, 3.63) is 48.0 Å². The Kier molecular flexibility index (Phi) is 9.24. The number of esters is 1. The maximum atomic E-state index is 12.0. The van der Waals surface area contributed by atoms with E-state index in [4.69, 9.17) is 23.4 Å². The van der Waals surface area contributed by atoms with Gasteiger partial charge in [-0.25, -0.2) is 4.79 Å². The molecule has 0 unspecified atom stereocenters. The van der Waals surface area contributed by atoms with E-state index in [1.54, 1.807) is 7.11 Å². The fourth-order valence-electron chi connectivity index (χ4n) is 2.92. The number of cyclic esters (lactones) is 1. The van der Waals surface area contributed by atoms with E-state index in [2.05, 4.69) is 33.9 Å². The van der Waals surface area contributed by atoms with Gasteiger partial charge in [0.15, 0.2) is 8.32 Å². The number of rotatable bonds is 11. The van der Waals surface area contributed by atoms with E-state index >= 15 is 0 Å². The summed E-state index contributed by atoms with van der Waals surface area (Å²) >= 11 is 0. The lowest BCUT2D eigenvalue weighted by molar-refractivity contribution is -0.181. The van der Waals surface area contributed by atoms with Gasteiger partial charge < -0.3 is 23.4 Å². The highest BCUT2D eigenvalue weighted by Crippen LogP contribution is 2.42. The van der Waals surface area contributed by atoms with E-state index < -0.39 is 20.5 Å². The molecule has 1 aliphatic rings. The van der Waals surface area contributed by atoms with Crippen LogP contribution in [0.3, 0.4) is 0 Å². The molecule has 1 heterocycles. The van der Waals surface area contributed by atoms with Gasteiger partial charge in [-0.15, -0.1) is 0 Å². The number of hydrogen-bond acceptors (Lipinski definition) is 6. The minimum Gasteiger partial charge on any atom is -0.456 e. The van der Waals surface area contributed by atoms with E-state index in [-0.39, 0.29) is 23.9 Å². The van der Waals surface area contributed by atoms with Gasteiger partial charge in [0.25, 0.3) is 0 Å². The van der Waals surface area contributed by atoms with Gasteiger partial charge in [-0.2, -0.15) is 0 Å². The molecular weight excluding hydrogens is 400 g/mol.